The van der Waals surface area contributed by atoms with Gasteiger partial charge >= 0.3 is 0 Å². The van der Waals surface area contributed by atoms with Gasteiger partial charge in [-0.3, -0.25) is 4.99 Å². The third kappa shape index (κ3) is 5.44. The van der Waals surface area contributed by atoms with Crippen molar-refractivity contribution < 1.29 is 9.47 Å². The minimum atomic E-state index is 0.266. The van der Waals surface area contributed by atoms with Crippen LogP contribution in [0.2, 0.25) is 0 Å². The Hall–Kier alpha value is -1.59. The predicted octanol–water partition coefficient (Wildman–Crippen LogP) is 2.81. The third-order valence-corrected chi connectivity index (χ3v) is 4.99. The second-order valence-electron chi connectivity index (χ2n) is 6.82. The predicted molar refractivity (Wildman–Crippen MR) is 101 cm³/mol. The fourth-order valence-electron chi connectivity index (χ4n) is 3.62. The highest BCUT2D eigenvalue weighted by Crippen LogP contribution is 2.32. The standard InChI is InChI=1S/C20H31N3O2/c1-21-20(23-15-17-9-5-13-24-17)22-12-6-14-25-19-11-4-8-16-7-2-3-10-18(16)19/h2-3,7,10,17,19H,4-6,8-9,11-15H2,1H3,(H2,21,22,23). The molecule has 1 saturated heterocycles. The Balaban J connectivity index is 1.32. The molecule has 0 saturated carbocycles. The van der Waals surface area contributed by atoms with E-state index in [4.69, 9.17) is 9.47 Å². The van der Waals surface area contributed by atoms with Crippen LogP contribution in [0.3, 0.4) is 0 Å². The number of ether oxygens (including phenoxy) is 2. The van der Waals surface area contributed by atoms with Crippen LogP contribution < -0.4 is 10.6 Å². The molecule has 1 aliphatic heterocycles. The number of nitrogens with one attached hydrogen (secondary N) is 2. The molecule has 5 heteroatoms. The zero-order chi connectivity index (χ0) is 17.3. The fourth-order valence-corrected chi connectivity index (χ4v) is 3.62. The van der Waals surface area contributed by atoms with E-state index in [1.165, 1.54) is 30.4 Å². The molecule has 1 aromatic carbocycles. The normalized spacial score (nSPS) is 23.3. The minimum absolute atomic E-state index is 0.266. The summed E-state index contributed by atoms with van der Waals surface area (Å²) < 4.78 is 11.8. The Morgan fingerprint density at radius 3 is 3.00 bits per heavy atom. The molecule has 2 atom stereocenters. The number of fused-ring (bicyclic) bond motifs is 1. The molecule has 1 fully saturated rings. The van der Waals surface area contributed by atoms with E-state index in [0.29, 0.717) is 6.10 Å². The van der Waals surface area contributed by atoms with Gasteiger partial charge in [0.05, 0.1) is 12.2 Å². The molecular weight excluding hydrogens is 314 g/mol. The van der Waals surface area contributed by atoms with Gasteiger partial charge < -0.3 is 20.1 Å². The molecule has 1 aromatic rings. The van der Waals surface area contributed by atoms with E-state index < -0.39 is 0 Å². The summed E-state index contributed by atoms with van der Waals surface area (Å²) in [6.45, 7) is 3.35. The van der Waals surface area contributed by atoms with Gasteiger partial charge in [-0.15, -0.1) is 0 Å². The maximum atomic E-state index is 6.15. The maximum absolute atomic E-state index is 6.15. The van der Waals surface area contributed by atoms with Crippen molar-refractivity contribution in [3.05, 3.63) is 35.4 Å². The van der Waals surface area contributed by atoms with Crippen LogP contribution in [0.5, 0.6) is 0 Å². The summed E-state index contributed by atoms with van der Waals surface area (Å²) in [6, 6.07) is 8.69. The Labute approximate surface area is 151 Å². The zero-order valence-electron chi connectivity index (χ0n) is 15.3. The van der Waals surface area contributed by atoms with Gasteiger partial charge in [0.25, 0.3) is 0 Å². The van der Waals surface area contributed by atoms with E-state index >= 15 is 0 Å². The van der Waals surface area contributed by atoms with Gasteiger partial charge in [0.15, 0.2) is 5.96 Å². The van der Waals surface area contributed by atoms with E-state index in [1.54, 1.807) is 7.05 Å². The van der Waals surface area contributed by atoms with Crippen LogP contribution in [0.15, 0.2) is 29.3 Å². The molecule has 0 radical (unpaired) electrons. The number of aryl methyl sites for hydroxylation is 1. The number of rotatable bonds is 7. The largest absolute Gasteiger partial charge is 0.376 e. The Morgan fingerprint density at radius 1 is 1.24 bits per heavy atom. The van der Waals surface area contributed by atoms with E-state index in [0.717, 1.165) is 51.5 Å². The molecule has 0 spiro atoms. The summed E-state index contributed by atoms with van der Waals surface area (Å²) in [5, 5.41) is 6.69. The second-order valence-corrected chi connectivity index (χ2v) is 6.82. The van der Waals surface area contributed by atoms with Crippen molar-refractivity contribution in [2.75, 3.05) is 33.4 Å². The quantitative estimate of drug-likeness (QED) is 0.453. The van der Waals surface area contributed by atoms with Gasteiger partial charge in [-0.05, 0) is 49.7 Å². The molecule has 1 aliphatic carbocycles. The molecule has 138 valence electrons. The molecule has 2 unspecified atom stereocenters. The van der Waals surface area contributed by atoms with Crippen molar-refractivity contribution in [1.29, 1.82) is 0 Å². The van der Waals surface area contributed by atoms with Crippen molar-refractivity contribution in [3.8, 4) is 0 Å². The summed E-state index contributed by atoms with van der Waals surface area (Å²) in [4.78, 5) is 4.26. The zero-order valence-corrected chi connectivity index (χ0v) is 15.3. The van der Waals surface area contributed by atoms with Crippen LogP contribution in [-0.4, -0.2) is 45.4 Å². The van der Waals surface area contributed by atoms with Gasteiger partial charge in [0.1, 0.15) is 0 Å². The summed E-state index contributed by atoms with van der Waals surface area (Å²) in [5.74, 6) is 0.846. The van der Waals surface area contributed by atoms with Crippen LogP contribution in [0.1, 0.15) is 49.3 Å². The van der Waals surface area contributed by atoms with E-state index in [-0.39, 0.29) is 6.10 Å². The van der Waals surface area contributed by atoms with Crippen molar-refractivity contribution in [1.82, 2.24) is 10.6 Å². The lowest BCUT2D eigenvalue weighted by Gasteiger charge is -2.25. The topological polar surface area (TPSA) is 54.9 Å². The van der Waals surface area contributed by atoms with Gasteiger partial charge in [-0.1, -0.05) is 24.3 Å². The third-order valence-electron chi connectivity index (χ3n) is 4.99. The molecule has 2 N–H and O–H groups in total. The minimum Gasteiger partial charge on any atom is -0.376 e. The van der Waals surface area contributed by atoms with Gasteiger partial charge in [-0.25, -0.2) is 0 Å². The van der Waals surface area contributed by atoms with Gasteiger partial charge in [0.2, 0.25) is 0 Å². The summed E-state index contributed by atoms with van der Waals surface area (Å²) in [7, 11) is 1.81. The van der Waals surface area contributed by atoms with E-state index in [9.17, 15) is 0 Å². The van der Waals surface area contributed by atoms with Crippen molar-refractivity contribution in [2.24, 2.45) is 4.99 Å². The summed E-state index contributed by atoms with van der Waals surface area (Å²) >= 11 is 0. The van der Waals surface area contributed by atoms with Gasteiger partial charge in [0, 0.05) is 33.4 Å². The number of hydrogen-bond acceptors (Lipinski definition) is 3. The smallest absolute Gasteiger partial charge is 0.191 e. The summed E-state index contributed by atoms with van der Waals surface area (Å²) in [5.41, 5.74) is 2.84. The Bertz CT molecular complexity index is 556. The van der Waals surface area contributed by atoms with Crippen LogP contribution in [0.25, 0.3) is 0 Å². The Kier molecular flexibility index (Phi) is 7.12. The first-order valence-corrected chi connectivity index (χ1v) is 9.62. The Morgan fingerprint density at radius 2 is 2.16 bits per heavy atom. The van der Waals surface area contributed by atoms with Crippen LogP contribution in [0.4, 0.5) is 0 Å². The summed E-state index contributed by atoms with van der Waals surface area (Å²) in [6.07, 6.45) is 7.41. The lowest BCUT2D eigenvalue weighted by molar-refractivity contribution is 0.0398. The van der Waals surface area contributed by atoms with Crippen LogP contribution in [-0.2, 0) is 15.9 Å². The highest BCUT2D eigenvalue weighted by atomic mass is 16.5. The molecule has 3 rings (SSSR count). The molecule has 1 heterocycles. The number of nitrogens with zero attached hydrogens (tertiary/aromatic N) is 1. The molecule has 0 aromatic heterocycles. The highest BCUT2D eigenvalue weighted by Gasteiger charge is 2.20. The number of benzene rings is 1. The SMILES string of the molecule is CN=C(NCCCOC1CCCc2ccccc21)NCC1CCCO1. The van der Waals surface area contributed by atoms with E-state index in [1.807, 2.05) is 0 Å². The molecular formula is C20H31N3O2. The molecule has 2 aliphatic rings. The maximum Gasteiger partial charge on any atom is 0.191 e. The molecule has 25 heavy (non-hydrogen) atoms. The fraction of sp³-hybridized carbons (Fsp3) is 0.650. The second kappa shape index (κ2) is 9.78. The van der Waals surface area contributed by atoms with Crippen LogP contribution >= 0.6 is 0 Å². The molecule has 0 amide bonds. The molecule has 0 bridgehead atoms. The monoisotopic (exact) mass is 345 g/mol. The van der Waals surface area contributed by atoms with Crippen molar-refractivity contribution in [3.63, 3.8) is 0 Å². The number of aliphatic imine (C=N–C) groups is 1. The molecule has 5 nitrogen and oxygen atoms in total. The average molecular weight is 345 g/mol. The van der Waals surface area contributed by atoms with Crippen molar-refractivity contribution in [2.45, 2.75) is 50.7 Å². The lowest BCUT2D eigenvalue weighted by atomic mass is 9.89. The van der Waals surface area contributed by atoms with Crippen molar-refractivity contribution >= 4 is 5.96 Å². The lowest BCUT2D eigenvalue weighted by Crippen LogP contribution is -2.41. The van der Waals surface area contributed by atoms with E-state index in [2.05, 4.69) is 39.9 Å². The highest BCUT2D eigenvalue weighted by molar-refractivity contribution is 5.79. The first kappa shape index (κ1) is 18.2. The first-order valence-electron chi connectivity index (χ1n) is 9.62. The number of hydrogen-bond donors (Lipinski definition) is 2. The average Bonchev–Trinajstić information content (AvgIpc) is 3.17. The number of guanidine groups is 1. The van der Waals surface area contributed by atoms with Gasteiger partial charge in [-0.2, -0.15) is 0 Å². The first-order chi connectivity index (χ1) is 12.4. The van der Waals surface area contributed by atoms with Crippen LogP contribution in [0, 0.1) is 0 Å².